The third-order valence-corrected chi connectivity index (χ3v) is 2.68. The lowest BCUT2D eigenvalue weighted by Gasteiger charge is -2.06. The van der Waals surface area contributed by atoms with Crippen LogP contribution in [0.4, 0.5) is 0 Å². The lowest BCUT2D eigenvalue weighted by atomic mass is 10.1. The highest BCUT2D eigenvalue weighted by atomic mass is 16.2. The van der Waals surface area contributed by atoms with Crippen molar-refractivity contribution in [2.45, 2.75) is 19.9 Å². The lowest BCUT2D eigenvalue weighted by Crippen LogP contribution is -2.27. The first kappa shape index (κ1) is 15.2. The fourth-order valence-corrected chi connectivity index (χ4v) is 1.64. The summed E-state index contributed by atoms with van der Waals surface area (Å²) in [4.78, 5) is 22.6. The van der Waals surface area contributed by atoms with Crippen LogP contribution in [0.1, 0.15) is 29.3 Å². The van der Waals surface area contributed by atoms with E-state index in [1.165, 1.54) is 0 Å². The molecule has 5 nitrogen and oxygen atoms in total. The Kier molecular flexibility index (Phi) is 6.60. The zero-order chi connectivity index (χ0) is 14.1. The van der Waals surface area contributed by atoms with Crippen molar-refractivity contribution in [2.24, 2.45) is 0 Å². The van der Waals surface area contributed by atoms with Crippen molar-refractivity contribution >= 4 is 11.8 Å². The van der Waals surface area contributed by atoms with Crippen LogP contribution in [0.25, 0.3) is 0 Å². The molecule has 5 heteroatoms. The van der Waals surface area contributed by atoms with Crippen molar-refractivity contribution in [3.05, 3.63) is 35.4 Å². The quantitative estimate of drug-likeness (QED) is 0.633. The molecule has 3 N–H and O–H groups in total. The maximum absolute atomic E-state index is 11.4. The summed E-state index contributed by atoms with van der Waals surface area (Å²) in [5.74, 6) is -0.0271. The summed E-state index contributed by atoms with van der Waals surface area (Å²) in [6.45, 7) is 3.90. The van der Waals surface area contributed by atoms with E-state index in [1.807, 2.05) is 19.1 Å². The maximum atomic E-state index is 11.4. The molecule has 0 radical (unpaired) electrons. The van der Waals surface area contributed by atoms with Gasteiger partial charge in [-0.2, -0.15) is 0 Å². The molecule has 19 heavy (non-hydrogen) atoms. The van der Waals surface area contributed by atoms with Crippen LogP contribution in [0, 0.1) is 0 Å². The predicted octanol–water partition coefficient (Wildman–Crippen LogP) is 0.662. The largest absolute Gasteiger partial charge is 0.356 e. The van der Waals surface area contributed by atoms with Gasteiger partial charge in [-0.1, -0.05) is 12.1 Å². The topological polar surface area (TPSA) is 70.2 Å². The Labute approximate surface area is 113 Å². The van der Waals surface area contributed by atoms with Crippen molar-refractivity contribution in [2.75, 3.05) is 20.1 Å². The number of hydrogen-bond acceptors (Lipinski definition) is 3. The van der Waals surface area contributed by atoms with Gasteiger partial charge in [0.15, 0.2) is 0 Å². The fourth-order valence-electron chi connectivity index (χ4n) is 1.64. The summed E-state index contributed by atoms with van der Waals surface area (Å²) in [6, 6.07) is 7.40. The average molecular weight is 263 g/mol. The van der Waals surface area contributed by atoms with Gasteiger partial charge in [0, 0.05) is 38.7 Å². The molecule has 2 amide bonds. The first-order valence-corrected chi connectivity index (χ1v) is 6.45. The third-order valence-electron chi connectivity index (χ3n) is 2.68. The van der Waals surface area contributed by atoms with Crippen LogP contribution in [-0.2, 0) is 11.3 Å². The van der Waals surface area contributed by atoms with Gasteiger partial charge in [-0.25, -0.2) is 0 Å². The molecule has 0 aliphatic rings. The van der Waals surface area contributed by atoms with E-state index in [0.717, 1.165) is 5.56 Å². The van der Waals surface area contributed by atoms with Crippen molar-refractivity contribution in [1.29, 1.82) is 0 Å². The van der Waals surface area contributed by atoms with Crippen LogP contribution < -0.4 is 16.0 Å². The smallest absolute Gasteiger partial charge is 0.251 e. The molecule has 1 aromatic carbocycles. The standard InChI is InChI=1S/C14H21N3O2/c1-3-17-13(18)8-9-16-10-11-4-6-12(7-5-11)14(19)15-2/h4-7,16H,3,8-10H2,1-2H3,(H,15,19)(H,17,18). The molecule has 0 aliphatic heterocycles. The molecule has 1 rings (SSSR count). The van der Waals surface area contributed by atoms with E-state index in [0.29, 0.717) is 31.6 Å². The molecule has 0 saturated carbocycles. The molecule has 104 valence electrons. The molecule has 0 aliphatic carbocycles. The van der Waals surface area contributed by atoms with Crippen LogP contribution in [0.2, 0.25) is 0 Å². The number of hydrogen-bond donors (Lipinski definition) is 3. The first-order chi connectivity index (χ1) is 9.17. The molecule has 0 unspecified atom stereocenters. The number of benzene rings is 1. The molecular weight excluding hydrogens is 242 g/mol. The molecule has 0 aromatic heterocycles. The fraction of sp³-hybridized carbons (Fsp3) is 0.429. The Hall–Kier alpha value is -1.88. The SMILES string of the molecule is CCNC(=O)CCNCc1ccc(C(=O)NC)cc1. The number of carbonyl (C=O) groups is 2. The number of carbonyl (C=O) groups excluding carboxylic acids is 2. The van der Waals surface area contributed by atoms with Gasteiger partial charge >= 0.3 is 0 Å². The van der Waals surface area contributed by atoms with Gasteiger partial charge in [-0.05, 0) is 24.6 Å². The van der Waals surface area contributed by atoms with E-state index in [1.54, 1.807) is 19.2 Å². The minimum atomic E-state index is -0.0873. The van der Waals surface area contributed by atoms with Crippen molar-refractivity contribution in [3.63, 3.8) is 0 Å². The number of rotatable bonds is 7. The van der Waals surface area contributed by atoms with E-state index in [9.17, 15) is 9.59 Å². The summed E-state index contributed by atoms with van der Waals surface area (Å²) in [7, 11) is 1.61. The summed E-state index contributed by atoms with van der Waals surface area (Å²) in [5, 5.41) is 8.52. The van der Waals surface area contributed by atoms with Gasteiger partial charge < -0.3 is 16.0 Å². The van der Waals surface area contributed by atoms with Gasteiger partial charge in [-0.15, -0.1) is 0 Å². The van der Waals surface area contributed by atoms with E-state index >= 15 is 0 Å². The molecule has 0 atom stereocenters. The summed E-state index contributed by atoms with van der Waals surface area (Å²) in [5.41, 5.74) is 1.73. The van der Waals surface area contributed by atoms with Crippen molar-refractivity contribution in [1.82, 2.24) is 16.0 Å². The van der Waals surface area contributed by atoms with Gasteiger partial charge in [0.2, 0.25) is 5.91 Å². The molecule has 0 saturated heterocycles. The molecule has 1 aromatic rings. The third kappa shape index (κ3) is 5.52. The van der Waals surface area contributed by atoms with Gasteiger partial charge in [0.25, 0.3) is 5.91 Å². The van der Waals surface area contributed by atoms with E-state index < -0.39 is 0 Å². The van der Waals surface area contributed by atoms with Crippen LogP contribution in [0.3, 0.4) is 0 Å². The molecular formula is C14H21N3O2. The highest BCUT2D eigenvalue weighted by Gasteiger charge is 2.02. The normalized spacial score (nSPS) is 10.0. The van der Waals surface area contributed by atoms with Gasteiger partial charge in [0.1, 0.15) is 0 Å². The van der Waals surface area contributed by atoms with E-state index in [4.69, 9.17) is 0 Å². The minimum absolute atomic E-state index is 0.0602. The summed E-state index contributed by atoms with van der Waals surface area (Å²) < 4.78 is 0. The lowest BCUT2D eigenvalue weighted by molar-refractivity contribution is -0.120. The Balaban J connectivity index is 2.30. The Morgan fingerprint density at radius 2 is 1.84 bits per heavy atom. The second-order valence-electron chi connectivity index (χ2n) is 4.16. The Bertz CT molecular complexity index is 415. The number of amides is 2. The zero-order valence-electron chi connectivity index (χ0n) is 11.5. The van der Waals surface area contributed by atoms with E-state index in [-0.39, 0.29) is 11.8 Å². The highest BCUT2D eigenvalue weighted by Crippen LogP contribution is 2.04. The zero-order valence-corrected chi connectivity index (χ0v) is 11.5. The van der Waals surface area contributed by atoms with Crippen molar-refractivity contribution in [3.8, 4) is 0 Å². The summed E-state index contributed by atoms with van der Waals surface area (Å²) >= 11 is 0. The average Bonchev–Trinajstić information content (AvgIpc) is 2.44. The molecule has 0 bridgehead atoms. The van der Waals surface area contributed by atoms with E-state index in [2.05, 4.69) is 16.0 Å². The first-order valence-electron chi connectivity index (χ1n) is 6.45. The Morgan fingerprint density at radius 3 is 2.42 bits per heavy atom. The van der Waals surface area contributed by atoms with Crippen LogP contribution in [-0.4, -0.2) is 32.0 Å². The monoisotopic (exact) mass is 263 g/mol. The second kappa shape index (κ2) is 8.26. The maximum Gasteiger partial charge on any atom is 0.251 e. The van der Waals surface area contributed by atoms with Crippen LogP contribution >= 0.6 is 0 Å². The second-order valence-corrected chi connectivity index (χ2v) is 4.16. The summed E-state index contributed by atoms with van der Waals surface area (Å²) in [6.07, 6.45) is 0.476. The van der Waals surface area contributed by atoms with Gasteiger partial charge in [0.05, 0.1) is 0 Å². The molecule has 0 fully saturated rings. The highest BCUT2D eigenvalue weighted by molar-refractivity contribution is 5.93. The molecule has 0 heterocycles. The van der Waals surface area contributed by atoms with Crippen molar-refractivity contribution < 1.29 is 9.59 Å². The van der Waals surface area contributed by atoms with Gasteiger partial charge in [-0.3, -0.25) is 9.59 Å². The van der Waals surface area contributed by atoms with Crippen LogP contribution in [0.5, 0.6) is 0 Å². The minimum Gasteiger partial charge on any atom is -0.356 e. The number of nitrogens with one attached hydrogen (secondary N) is 3. The van der Waals surface area contributed by atoms with Crippen LogP contribution in [0.15, 0.2) is 24.3 Å². The molecule has 0 spiro atoms. The Morgan fingerprint density at radius 1 is 1.16 bits per heavy atom. The predicted molar refractivity (Wildman–Crippen MR) is 74.8 cm³/mol.